The third-order valence-corrected chi connectivity index (χ3v) is 3.54. The summed E-state index contributed by atoms with van der Waals surface area (Å²) in [5, 5.41) is 3.35. The summed E-state index contributed by atoms with van der Waals surface area (Å²) in [6.45, 7) is 2.04. The number of pyridine rings is 1. The van der Waals surface area contributed by atoms with Gasteiger partial charge in [-0.1, -0.05) is 6.07 Å². The summed E-state index contributed by atoms with van der Waals surface area (Å²) in [6.07, 6.45) is 3.55. The lowest BCUT2D eigenvalue weighted by Crippen LogP contribution is -2.06. The van der Waals surface area contributed by atoms with E-state index in [1.165, 1.54) is 6.07 Å². The molecule has 0 bridgehead atoms. The van der Waals surface area contributed by atoms with Crippen LogP contribution in [-0.4, -0.2) is 4.98 Å². The SMILES string of the molecule is CC(Nc1ccc(Oc2ccc(F)cc2F)cc1)c1cccnc1. The van der Waals surface area contributed by atoms with E-state index in [0.717, 1.165) is 23.4 Å². The summed E-state index contributed by atoms with van der Waals surface area (Å²) >= 11 is 0. The largest absolute Gasteiger partial charge is 0.454 e. The summed E-state index contributed by atoms with van der Waals surface area (Å²) in [6, 6.07) is 14.3. The van der Waals surface area contributed by atoms with Crippen molar-refractivity contribution in [3.63, 3.8) is 0 Å². The first kappa shape index (κ1) is 15.9. The highest BCUT2D eigenvalue weighted by Crippen LogP contribution is 2.27. The van der Waals surface area contributed by atoms with Crippen LogP contribution in [0.4, 0.5) is 14.5 Å². The number of aromatic nitrogens is 1. The smallest absolute Gasteiger partial charge is 0.168 e. The molecule has 1 atom stereocenters. The Morgan fingerprint density at radius 3 is 2.50 bits per heavy atom. The zero-order valence-corrected chi connectivity index (χ0v) is 13.0. The van der Waals surface area contributed by atoms with Crippen LogP contribution >= 0.6 is 0 Å². The van der Waals surface area contributed by atoms with E-state index in [2.05, 4.69) is 10.3 Å². The van der Waals surface area contributed by atoms with Gasteiger partial charge in [-0.3, -0.25) is 4.98 Å². The molecule has 122 valence electrons. The molecule has 0 radical (unpaired) electrons. The Morgan fingerprint density at radius 1 is 1.04 bits per heavy atom. The Labute approximate surface area is 138 Å². The topological polar surface area (TPSA) is 34.1 Å². The van der Waals surface area contributed by atoms with Gasteiger partial charge < -0.3 is 10.1 Å². The minimum absolute atomic E-state index is 0.0131. The number of halogens is 2. The van der Waals surface area contributed by atoms with Gasteiger partial charge in [0.1, 0.15) is 11.6 Å². The zero-order valence-electron chi connectivity index (χ0n) is 13.0. The fourth-order valence-electron chi connectivity index (χ4n) is 2.27. The van der Waals surface area contributed by atoms with Crippen molar-refractivity contribution in [2.24, 2.45) is 0 Å². The van der Waals surface area contributed by atoms with Crippen molar-refractivity contribution >= 4 is 5.69 Å². The van der Waals surface area contributed by atoms with Crippen molar-refractivity contribution < 1.29 is 13.5 Å². The van der Waals surface area contributed by atoms with Crippen molar-refractivity contribution in [1.29, 1.82) is 0 Å². The Morgan fingerprint density at radius 2 is 1.83 bits per heavy atom. The van der Waals surface area contributed by atoms with Crippen LogP contribution in [0.5, 0.6) is 11.5 Å². The van der Waals surface area contributed by atoms with Crippen LogP contribution in [0.15, 0.2) is 67.0 Å². The first-order valence-electron chi connectivity index (χ1n) is 7.51. The van der Waals surface area contributed by atoms with Gasteiger partial charge >= 0.3 is 0 Å². The third kappa shape index (κ3) is 3.87. The third-order valence-electron chi connectivity index (χ3n) is 3.54. The lowest BCUT2D eigenvalue weighted by Gasteiger charge is -2.15. The average molecular weight is 326 g/mol. The number of benzene rings is 2. The Kier molecular flexibility index (Phi) is 4.70. The number of hydrogen-bond donors (Lipinski definition) is 1. The maximum absolute atomic E-state index is 13.6. The molecule has 3 nitrogen and oxygen atoms in total. The van der Waals surface area contributed by atoms with Crippen LogP contribution in [0.25, 0.3) is 0 Å². The van der Waals surface area contributed by atoms with Crippen LogP contribution in [-0.2, 0) is 0 Å². The van der Waals surface area contributed by atoms with E-state index in [9.17, 15) is 8.78 Å². The molecule has 3 rings (SSSR count). The molecule has 0 amide bonds. The first-order chi connectivity index (χ1) is 11.6. The number of nitrogens with zero attached hydrogens (tertiary/aromatic N) is 1. The van der Waals surface area contributed by atoms with E-state index < -0.39 is 11.6 Å². The molecule has 1 N–H and O–H groups in total. The maximum Gasteiger partial charge on any atom is 0.168 e. The Balaban J connectivity index is 1.67. The fourth-order valence-corrected chi connectivity index (χ4v) is 2.27. The van der Waals surface area contributed by atoms with Crippen molar-refractivity contribution in [2.75, 3.05) is 5.32 Å². The molecule has 1 heterocycles. The molecule has 1 unspecified atom stereocenters. The standard InChI is InChI=1S/C19H16F2N2O/c1-13(14-3-2-10-22-12-14)23-16-5-7-17(8-6-16)24-19-9-4-15(20)11-18(19)21/h2-13,23H,1H3. The fraction of sp³-hybridized carbons (Fsp3) is 0.105. The highest BCUT2D eigenvalue weighted by molar-refractivity contribution is 5.48. The second-order valence-corrected chi connectivity index (χ2v) is 5.35. The monoisotopic (exact) mass is 326 g/mol. The molecule has 2 aromatic carbocycles. The van der Waals surface area contributed by atoms with Crippen LogP contribution in [0.3, 0.4) is 0 Å². The molecule has 0 saturated heterocycles. The minimum atomic E-state index is -0.734. The van der Waals surface area contributed by atoms with Gasteiger partial charge in [-0.25, -0.2) is 8.78 Å². The summed E-state index contributed by atoms with van der Waals surface area (Å²) in [5.74, 6) is -0.910. The molecule has 5 heteroatoms. The van der Waals surface area contributed by atoms with Gasteiger partial charge in [0.05, 0.1) is 6.04 Å². The number of hydrogen-bond acceptors (Lipinski definition) is 3. The Bertz CT molecular complexity index is 807. The molecule has 1 aromatic heterocycles. The lowest BCUT2D eigenvalue weighted by atomic mass is 10.1. The molecule has 3 aromatic rings. The van der Waals surface area contributed by atoms with Crippen LogP contribution < -0.4 is 10.1 Å². The predicted octanol–water partition coefficient (Wildman–Crippen LogP) is 5.33. The molecule has 0 aliphatic heterocycles. The van der Waals surface area contributed by atoms with Gasteiger partial charge in [0.25, 0.3) is 0 Å². The van der Waals surface area contributed by atoms with E-state index in [1.807, 2.05) is 37.4 Å². The lowest BCUT2D eigenvalue weighted by molar-refractivity contribution is 0.438. The van der Waals surface area contributed by atoms with Crippen molar-refractivity contribution in [2.45, 2.75) is 13.0 Å². The summed E-state index contributed by atoms with van der Waals surface area (Å²) in [5.41, 5.74) is 1.98. The van der Waals surface area contributed by atoms with E-state index in [1.54, 1.807) is 18.3 Å². The molecule has 0 spiro atoms. The molecule has 0 fully saturated rings. The highest BCUT2D eigenvalue weighted by atomic mass is 19.1. The second-order valence-electron chi connectivity index (χ2n) is 5.35. The average Bonchev–Trinajstić information content (AvgIpc) is 2.60. The van der Waals surface area contributed by atoms with Crippen molar-refractivity contribution in [3.05, 3.63) is 84.2 Å². The predicted molar refractivity (Wildman–Crippen MR) is 89.1 cm³/mol. The molecule has 24 heavy (non-hydrogen) atoms. The van der Waals surface area contributed by atoms with Crippen LogP contribution in [0.1, 0.15) is 18.5 Å². The zero-order chi connectivity index (χ0) is 16.9. The normalized spacial score (nSPS) is 11.8. The van der Waals surface area contributed by atoms with Gasteiger partial charge in [0.2, 0.25) is 0 Å². The summed E-state index contributed by atoms with van der Waals surface area (Å²) in [7, 11) is 0. The van der Waals surface area contributed by atoms with Gasteiger partial charge in [0, 0.05) is 24.1 Å². The quantitative estimate of drug-likeness (QED) is 0.688. The molecular weight excluding hydrogens is 310 g/mol. The van der Waals surface area contributed by atoms with Gasteiger partial charge in [-0.2, -0.15) is 0 Å². The van der Waals surface area contributed by atoms with E-state index in [-0.39, 0.29) is 11.8 Å². The van der Waals surface area contributed by atoms with E-state index >= 15 is 0 Å². The first-order valence-corrected chi connectivity index (χ1v) is 7.51. The van der Waals surface area contributed by atoms with Gasteiger partial charge in [-0.15, -0.1) is 0 Å². The van der Waals surface area contributed by atoms with Crippen LogP contribution in [0, 0.1) is 11.6 Å². The number of ether oxygens (including phenoxy) is 1. The van der Waals surface area contributed by atoms with Gasteiger partial charge in [-0.05, 0) is 55.0 Å². The highest BCUT2D eigenvalue weighted by Gasteiger charge is 2.08. The maximum atomic E-state index is 13.6. The van der Waals surface area contributed by atoms with Crippen molar-refractivity contribution in [3.8, 4) is 11.5 Å². The van der Waals surface area contributed by atoms with E-state index in [4.69, 9.17) is 4.74 Å². The molecule has 0 aliphatic carbocycles. The van der Waals surface area contributed by atoms with Crippen LogP contribution in [0.2, 0.25) is 0 Å². The minimum Gasteiger partial charge on any atom is -0.454 e. The second kappa shape index (κ2) is 7.08. The van der Waals surface area contributed by atoms with E-state index in [0.29, 0.717) is 5.75 Å². The van der Waals surface area contributed by atoms with Crippen molar-refractivity contribution in [1.82, 2.24) is 4.98 Å². The summed E-state index contributed by atoms with van der Waals surface area (Å²) < 4.78 is 31.9. The number of anilines is 1. The number of rotatable bonds is 5. The molecule has 0 aliphatic rings. The Hall–Kier alpha value is -2.95. The van der Waals surface area contributed by atoms with Gasteiger partial charge in [0.15, 0.2) is 11.6 Å². The molecule has 0 saturated carbocycles. The molecular formula is C19H16F2N2O. The number of nitrogens with one attached hydrogen (secondary N) is 1. The summed E-state index contributed by atoms with van der Waals surface area (Å²) in [4.78, 5) is 4.10.